The van der Waals surface area contributed by atoms with Gasteiger partial charge in [0.1, 0.15) is 0 Å². The molecule has 3 nitrogen and oxygen atoms in total. The third-order valence-electron chi connectivity index (χ3n) is 2.01. The first-order valence-corrected chi connectivity index (χ1v) is 4.33. The van der Waals surface area contributed by atoms with Crippen LogP contribution in [0.5, 0.6) is 0 Å². The van der Waals surface area contributed by atoms with Crippen molar-refractivity contribution in [3.8, 4) is 0 Å². The summed E-state index contributed by atoms with van der Waals surface area (Å²) in [6.07, 6.45) is 3.73. The molecule has 1 saturated carbocycles. The van der Waals surface area contributed by atoms with Crippen LogP contribution in [0, 0.1) is 11.3 Å². The maximum Gasteiger partial charge on any atom is 0.188 e. The lowest BCUT2D eigenvalue weighted by Crippen LogP contribution is -2.38. The number of rotatable bonds is 4. The lowest BCUT2D eigenvalue weighted by Gasteiger charge is -2.21. The minimum absolute atomic E-state index is 0.235. The highest BCUT2D eigenvalue weighted by atomic mass is 15.2. The van der Waals surface area contributed by atoms with Gasteiger partial charge in [-0.25, -0.2) is 0 Å². The Kier molecular flexibility index (Phi) is 2.74. The van der Waals surface area contributed by atoms with E-state index in [1.807, 2.05) is 4.90 Å². The normalized spacial score (nSPS) is 16.5. The van der Waals surface area contributed by atoms with Gasteiger partial charge >= 0.3 is 0 Å². The zero-order valence-corrected chi connectivity index (χ0v) is 7.14. The van der Waals surface area contributed by atoms with Crippen LogP contribution in [0.2, 0.25) is 0 Å². The average Bonchev–Trinajstić information content (AvgIpc) is 2.70. The molecule has 0 bridgehead atoms. The molecule has 1 fully saturated rings. The SMILES string of the molecule is CCCN(CC1CC1)C(=N)N. The number of nitrogens with zero attached hydrogens (tertiary/aromatic N) is 1. The van der Waals surface area contributed by atoms with Crippen molar-refractivity contribution in [1.82, 2.24) is 4.90 Å². The quantitative estimate of drug-likeness (QED) is 0.470. The van der Waals surface area contributed by atoms with Gasteiger partial charge in [-0.15, -0.1) is 0 Å². The molecule has 1 rings (SSSR count). The van der Waals surface area contributed by atoms with Crippen molar-refractivity contribution >= 4 is 5.96 Å². The molecule has 64 valence electrons. The van der Waals surface area contributed by atoms with E-state index in [1.54, 1.807) is 0 Å². The Morgan fingerprint density at radius 1 is 1.64 bits per heavy atom. The Balaban J connectivity index is 2.24. The molecule has 3 N–H and O–H groups in total. The zero-order valence-electron chi connectivity index (χ0n) is 7.14. The highest BCUT2D eigenvalue weighted by Crippen LogP contribution is 2.29. The van der Waals surface area contributed by atoms with E-state index in [0.29, 0.717) is 0 Å². The highest BCUT2D eigenvalue weighted by Gasteiger charge is 2.24. The number of guanidine groups is 1. The van der Waals surface area contributed by atoms with Crippen molar-refractivity contribution in [3.05, 3.63) is 0 Å². The molecule has 0 spiro atoms. The summed E-state index contributed by atoms with van der Waals surface area (Å²) in [7, 11) is 0. The van der Waals surface area contributed by atoms with Crippen molar-refractivity contribution < 1.29 is 0 Å². The number of nitrogens with two attached hydrogens (primary N) is 1. The summed E-state index contributed by atoms with van der Waals surface area (Å²) in [6.45, 7) is 4.05. The highest BCUT2D eigenvalue weighted by molar-refractivity contribution is 5.74. The molecule has 0 aromatic rings. The Labute approximate surface area is 68.1 Å². The van der Waals surface area contributed by atoms with Gasteiger partial charge in [0.15, 0.2) is 5.96 Å². The van der Waals surface area contributed by atoms with E-state index in [0.717, 1.165) is 25.4 Å². The molecule has 1 aliphatic rings. The Hall–Kier alpha value is -0.730. The Morgan fingerprint density at radius 3 is 2.64 bits per heavy atom. The first kappa shape index (κ1) is 8.37. The number of hydrogen-bond acceptors (Lipinski definition) is 1. The lowest BCUT2D eigenvalue weighted by molar-refractivity contribution is 0.392. The largest absolute Gasteiger partial charge is 0.370 e. The first-order chi connectivity index (χ1) is 5.24. The van der Waals surface area contributed by atoms with Crippen LogP contribution in [-0.2, 0) is 0 Å². The van der Waals surface area contributed by atoms with Crippen molar-refractivity contribution in [2.45, 2.75) is 26.2 Å². The molecule has 0 saturated heterocycles. The average molecular weight is 155 g/mol. The molecule has 3 heteroatoms. The van der Waals surface area contributed by atoms with Crippen LogP contribution < -0.4 is 5.73 Å². The predicted molar refractivity (Wildman–Crippen MR) is 46.5 cm³/mol. The van der Waals surface area contributed by atoms with Gasteiger partial charge in [-0.2, -0.15) is 0 Å². The summed E-state index contributed by atoms with van der Waals surface area (Å²) < 4.78 is 0. The molecular weight excluding hydrogens is 138 g/mol. The van der Waals surface area contributed by atoms with Gasteiger partial charge in [-0.05, 0) is 25.2 Å². The van der Waals surface area contributed by atoms with E-state index in [-0.39, 0.29) is 5.96 Å². The summed E-state index contributed by atoms with van der Waals surface area (Å²) in [4.78, 5) is 1.97. The fourth-order valence-electron chi connectivity index (χ4n) is 1.19. The maximum atomic E-state index is 7.28. The van der Waals surface area contributed by atoms with Gasteiger partial charge in [-0.1, -0.05) is 6.92 Å². The van der Waals surface area contributed by atoms with Crippen LogP contribution in [0.25, 0.3) is 0 Å². The monoisotopic (exact) mass is 155 g/mol. The third kappa shape index (κ3) is 2.78. The van der Waals surface area contributed by atoms with Crippen LogP contribution in [0.1, 0.15) is 26.2 Å². The van der Waals surface area contributed by atoms with Gasteiger partial charge in [0.2, 0.25) is 0 Å². The van der Waals surface area contributed by atoms with E-state index in [2.05, 4.69) is 6.92 Å². The van der Waals surface area contributed by atoms with E-state index in [4.69, 9.17) is 11.1 Å². The van der Waals surface area contributed by atoms with Crippen molar-refractivity contribution in [2.75, 3.05) is 13.1 Å². The molecule has 0 unspecified atom stereocenters. The molecule has 0 heterocycles. The molecule has 0 amide bonds. The lowest BCUT2D eigenvalue weighted by atomic mass is 10.3. The number of hydrogen-bond donors (Lipinski definition) is 2. The minimum atomic E-state index is 0.235. The van der Waals surface area contributed by atoms with E-state index >= 15 is 0 Å². The van der Waals surface area contributed by atoms with Crippen LogP contribution in [0.4, 0.5) is 0 Å². The molecule has 11 heavy (non-hydrogen) atoms. The second-order valence-corrected chi connectivity index (χ2v) is 3.27. The van der Waals surface area contributed by atoms with Crippen LogP contribution in [-0.4, -0.2) is 23.9 Å². The van der Waals surface area contributed by atoms with Crippen molar-refractivity contribution in [3.63, 3.8) is 0 Å². The second-order valence-electron chi connectivity index (χ2n) is 3.27. The second kappa shape index (κ2) is 3.60. The van der Waals surface area contributed by atoms with Gasteiger partial charge < -0.3 is 10.6 Å². The van der Waals surface area contributed by atoms with Gasteiger partial charge in [0.05, 0.1) is 0 Å². The van der Waals surface area contributed by atoms with E-state index in [9.17, 15) is 0 Å². The standard InChI is InChI=1S/C8H17N3/c1-2-5-11(8(9)10)6-7-3-4-7/h7H,2-6H2,1H3,(H3,9,10). The Bertz CT molecular complexity index is 140. The molecule has 0 aromatic heterocycles. The van der Waals surface area contributed by atoms with E-state index in [1.165, 1.54) is 12.8 Å². The van der Waals surface area contributed by atoms with Crippen LogP contribution in [0.3, 0.4) is 0 Å². The molecule has 0 aromatic carbocycles. The maximum absolute atomic E-state index is 7.28. The third-order valence-corrected chi connectivity index (χ3v) is 2.01. The van der Waals surface area contributed by atoms with E-state index < -0.39 is 0 Å². The molecule has 1 aliphatic carbocycles. The van der Waals surface area contributed by atoms with Crippen LogP contribution >= 0.6 is 0 Å². The summed E-state index contributed by atoms with van der Waals surface area (Å²) >= 11 is 0. The molecular formula is C8H17N3. The summed E-state index contributed by atoms with van der Waals surface area (Å²) in [5.41, 5.74) is 5.41. The van der Waals surface area contributed by atoms with Gasteiger partial charge in [0, 0.05) is 13.1 Å². The molecule has 0 radical (unpaired) electrons. The topological polar surface area (TPSA) is 53.1 Å². The smallest absolute Gasteiger partial charge is 0.188 e. The first-order valence-electron chi connectivity index (χ1n) is 4.33. The number of nitrogens with one attached hydrogen (secondary N) is 1. The van der Waals surface area contributed by atoms with Crippen molar-refractivity contribution in [2.24, 2.45) is 11.7 Å². The zero-order chi connectivity index (χ0) is 8.27. The predicted octanol–water partition coefficient (Wildman–Crippen LogP) is 1.00. The summed E-state index contributed by atoms with van der Waals surface area (Å²) in [5.74, 6) is 1.06. The minimum Gasteiger partial charge on any atom is -0.370 e. The molecule has 0 atom stereocenters. The van der Waals surface area contributed by atoms with Crippen LogP contribution in [0.15, 0.2) is 0 Å². The van der Waals surface area contributed by atoms with Gasteiger partial charge in [-0.3, -0.25) is 5.41 Å². The summed E-state index contributed by atoms with van der Waals surface area (Å²) in [5, 5.41) is 7.28. The fourth-order valence-corrected chi connectivity index (χ4v) is 1.19. The molecule has 0 aliphatic heterocycles. The van der Waals surface area contributed by atoms with Gasteiger partial charge in [0.25, 0.3) is 0 Å². The Morgan fingerprint density at radius 2 is 2.27 bits per heavy atom. The fraction of sp³-hybridized carbons (Fsp3) is 0.875. The summed E-state index contributed by atoms with van der Waals surface area (Å²) in [6, 6.07) is 0. The van der Waals surface area contributed by atoms with Crippen molar-refractivity contribution in [1.29, 1.82) is 5.41 Å².